The summed E-state index contributed by atoms with van der Waals surface area (Å²) in [4.78, 5) is 0.0953. The van der Waals surface area contributed by atoms with Gasteiger partial charge in [-0.1, -0.05) is 6.07 Å². The number of nitrogens with two attached hydrogens (primary N) is 1. The molecule has 0 saturated heterocycles. The highest BCUT2D eigenvalue weighted by Crippen LogP contribution is 2.16. The minimum atomic E-state index is -3.68. The van der Waals surface area contributed by atoms with Crippen molar-refractivity contribution < 1.29 is 8.42 Å². The Labute approximate surface area is 125 Å². The lowest BCUT2D eigenvalue weighted by Gasteiger charge is -2.18. The average Bonchev–Trinajstić information content (AvgIpc) is 2.84. The van der Waals surface area contributed by atoms with Crippen LogP contribution in [-0.2, 0) is 22.1 Å². The predicted octanol–water partition coefficient (Wildman–Crippen LogP) is 1.90. The third-order valence-corrected chi connectivity index (χ3v) is 3.89. The Morgan fingerprint density at radius 1 is 1.33 bits per heavy atom. The number of hydrogen-bond acceptors (Lipinski definition) is 4. The van der Waals surface area contributed by atoms with Crippen LogP contribution in [0.1, 0.15) is 26.3 Å². The van der Waals surface area contributed by atoms with Crippen molar-refractivity contribution in [3.05, 3.63) is 42.2 Å². The molecule has 0 unspecified atom stereocenters. The molecule has 0 aliphatic heterocycles. The first-order valence-electron chi connectivity index (χ1n) is 6.57. The van der Waals surface area contributed by atoms with Gasteiger partial charge in [-0.3, -0.25) is 4.68 Å². The Hall–Kier alpha value is -1.86. The van der Waals surface area contributed by atoms with Crippen LogP contribution in [0, 0.1) is 0 Å². The van der Waals surface area contributed by atoms with Gasteiger partial charge in [-0.05, 0) is 39.0 Å². The fourth-order valence-electron chi connectivity index (χ4n) is 1.81. The van der Waals surface area contributed by atoms with Gasteiger partial charge in [0, 0.05) is 24.0 Å². The highest BCUT2D eigenvalue weighted by Gasteiger charge is 2.14. The molecule has 0 spiro atoms. The molecule has 114 valence electrons. The van der Waals surface area contributed by atoms with E-state index in [1.165, 1.54) is 12.1 Å². The molecule has 21 heavy (non-hydrogen) atoms. The quantitative estimate of drug-likeness (QED) is 0.902. The normalized spacial score (nSPS) is 12.4. The maximum atomic E-state index is 11.3. The maximum Gasteiger partial charge on any atom is 0.238 e. The Balaban J connectivity index is 2.09. The third kappa shape index (κ3) is 4.05. The number of nitrogens with zero attached hydrogens (tertiary/aromatic N) is 2. The summed E-state index contributed by atoms with van der Waals surface area (Å²) < 4.78 is 24.5. The van der Waals surface area contributed by atoms with E-state index in [4.69, 9.17) is 5.14 Å². The van der Waals surface area contributed by atoms with E-state index in [2.05, 4.69) is 31.2 Å². The van der Waals surface area contributed by atoms with Gasteiger partial charge < -0.3 is 5.32 Å². The van der Waals surface area contributed by atoms with E-state index in [1.807, 2.05) is 10.9 Å². The molecule has 3 N–H and O–H groups in total. The molecule has 1 aromatic carbocycles. The number of primary sulfonamides is 1. The van der Waals surface area contributed by atoms with Crippen LogP contribution in [0.4, 0.5) is 5.69 Å². The van der Waals surface area contributed by atoms with Crippen molar-refractivity contribution >= 4 is 15.7 Å². The zero-order chi connectivity index (χ0) is 15.7. The van der Waals surface area contributed by atoms with Crippen LogP contribution in [0.2, 0.25) is 0 Å². The molecule has 0 atom stereocenters. The Kier molecular flexibility index (Phi) is 4.06. The van der Waals surface area contributed by atoms with Gasteiger partial charge in [-0.25, -0.2) is 13.6 Å². The Morgan fingerprint density at radius 3 is 2.62 bits per heavy atom. The van der Waals surface area contributed by atoms with Gasteiger partial charge in [0.05, 0.1) is 16.6 Å². The van der Waals surface area contributed by atoms with Gasteiger partial charge in [0.15, 0.2) is 0 Å². The molecule has 2 rings (SSSR count). The van der Waals surface area contributed by atoms with Crippen LogP contribution in [0.15, 0.2) is 41.6 Å². The third-order valence-electron chi connectivity index (χ3n) is 2.98. The minimum Gasteiger partial charge on any atom is -0.381 e. The molecular weight excluding hydrogens is 288 g/mol. The summed E-state index contributed by atoms with van der Waals surface area (Å²) >= 11 is 0. The molecular formula is C14H20N4O2S. The Morgan fingerprint density at radius 2 is 2.05 bits per heavy atom. The number of rotatable bonds is 4. The summed E-state index contributed by atoms with van der Waals surface area (Å²) in [5.41, 5.74) is 1.65. The fourth-order valence-corrected chi connectivity index (χ4v) is 2.36. The lowest BCUT2D eigenvalue weighted by Crippen LogP contribution is -2.21. The molecule has 0 radical (unpaired) electrons. The van der Waals surface area contributed by atoms with Gasteiger partial charge in [-0.2, -0.15) is 5.10 Å². The predicted molar refractivity (Wildman–Crippen MR) is 82.4 cm³/mol. The van der Waals surface area contributed by atoms with Gasteiger partial charge in [0.1, 0.15) is 0 Å². The summed E-state index contributed by atoms with van der Waals surface area (Å²) in [6, 6.07) is 6.44. The summed E-state index contributed by atoms with van der Waals surface area (Å²) in [6.07, 6.45) is 3.76. The minimum absolute atomic E-state index is 0.0637. The van der Waals surface area contributed by atoms with E-state index in [0.29, 0.717) is 12.2 Å². The van der Waals surface area contributed by atoms with Crippen LogP contribution in [0.5, 0.6) is 0 Å². The highest BCUT2D eigenvalue weighted by molar-refractivity contribution is 7.89. The van der Waals surface area contributed by atoms with Gasteiger partial charge >= 0.3 is 0 Å². The van der Waals surface area contributed by atoms with E-state index in [-0.39, 0.29) is 10.4 Å². The molecule has 7 heteroatoms. The van der Waals surface area contributed by atoms with E-state index in [0.717, 1.165) is 5.56 Å². The highest BCUT2D eigenvalue weighted by atomic mass is 32.2. The van der Waals surface area contributed by atoms with Crippen LogP contribution < -0.4 is 10.5 Å². The lowest BCUT2D eigenvalue weighted by molar-refractivity contribution is 0.355. The first kappa shape index (κ1) is 15.5. The monoisotopic (exact) mass is 308 g/mol. The van der Waals surface area contributed by atoms with Crippen LogP contribution in [-0.4, -0.2) is 18.2 Å². The second-order valence-electron chi connectivity index (χ2n) is 5.89. The molecule has 0 saturated carbocycles. The van der Waals surface area contributed by atoms with Crippen molar-refractivity contribution in [2.24, 2.45) is 5.14 Å². The van der Waals surface area contributed by atoms with Gasteiger partial charge in [0.25, 0.3) is 0 Å². The summed E-state index contributed by atoms with van der Waals surface area (Å²) in [5.74, 6) is 0. The molecule has 0 bridgehead atoms. The van der Waals surface area contributed by atoms with Crippen molar-refractivity contribution in [1.82, 2.24) is 9.78 Å². The topological polar surface area (TPSA) is 90.0 Å². The van der Waals surface area contributed by atoms with E-state index in [1.54, 1.807) is 18.3 Å². The molecule has 0 amide bonds. The van der Waals surface area contributed by atoms with E-state index >= 15 is 0 Å². The molecule has 6 nitrogen and oxygen atoms in total. The summed E-state index contributed by atoms with van der Waals surface area (Å²) in [5, 5.41) is 12.6. The summed E-state index contributed by atoms with van der Waals surface area (Å²) in [7, 11) is -3.68. The smallest absolute Gasteiger partial charge is 0.238 e. The van der Waals surface area contributed by atoms with Crippen molar-refractivity contribution in [2.75, 3.05) is 5.32 Å². The van der Waals surface area contributed by atoms with E-state index in [9.17, 15) is 8.42 Å². The first-order valence-corrected chi connectivity index (χ1v) is 8.12. The van der Waals surface area contributed by atoms with E-state index < -0.39 is 10.0 Å². The van der Waals surface area contributed by atoms with Crippen LogP contribution in [0.25, 0.3) is 0 Å². The van der Waals surface area contributed by atoms with Crippen molar-refractivity contribution in [1.29, 1.82) is 0 Å². The molecule has 0 aliphatic rings. The van der Waals surface area contributed by atoms with Crippen molar-refractivity contribution in [3.8, 4) is 0 Å². The number of aromatic nitrogens is 2. The van der Waals surface area contributed by atoms with Crippen LogP contribution >= 0.6 is 0 Å². The number of anilines is 1. The number of sulfonamides is 1. The maximum absolute atomic E-state index is 11.3. The second kappa shape index (κ2) is 5.50. The zero-order valence-corrected chi connectivity index (χ0v) is 13.2. The van der Waals surface area contributed by atoms with Crippen molar-refractivity contribution in [2.45, 2.75) is 37.8 Å². The SMILES string of the molecule is CC(C)(C)n1cc(CNc2cccc(S(N)(=O)=O)c2)cn1. The number of nitrogens with one attached hydrogen (secondary N) is 1. The average molecular weight is 308 g/mol. The van der Waals surface area contributed by atoms with Crippen LogP contribution in [0.3, 0.4) is 0 Å². The molecule has 1 aromatic heterocycles. The Bertz CT molecular complexity index is 729. The zero-order valence-electron chi connectivity index (χ0n) is 12.4. The molecule has 1 heterocycles. The largest absolute Gasteiger partial charge is 0.381 e. The summed E-state index contributed by atoms with van der Waals surface area (Å²) in [6.45, 7) is 6.79. The second-order valence-corrected chi connectivity index (χ2v) is 7.45. The standard InChI is InChI=1S/C14H20N4O2S/c1-14(2,3)18-10-11(9-17-18)8-16-12-5-4-6-13(7-12)21(15,19)20/h4-7,9-10,16H,8H2,1-3H3,(H2,15,19,20). The molecule has 0 aliphatic carbocycles. The number of hydrogen-bond donors (Lipinski definition) is 2. The van der Waals surface area contributed by atoms with Crippen molar-refractivity contribution in [3.63, 3.8) is 0 Å². The lowest BCUT2D eigenvalue weighted by atomic mass is 10.1. The molecule has 2 aromatic rings. The van der Waals surface area contributed by atoms with Gasteiger partial charge in [-0.15, -0.1) is 0 Å². The fraction of sp³-hybridized carbons (Fsp3) is 0.357. The first-order chi connectivity index (χ1) is 9.66. The molecule has 0 fully saturated rings. The number of benzene rings is 1. The van der Waals surface area contributed by atoms with Gasteiger partial charge in [0.2, 0.25) is 10.0 Å².